The molecule has 2 saturated carbocycles. The number of hydrogen-bond acceptors (Lipinski definition) is 1. The van der Waals surface area contributed by atoms with E-state index in [1.807, 2.05) is 0 Å². The largest absolute Gasteiger partial charge is 0.313 e. The van der Waals surface area contributed by atoms with Crippen molar-refractivity contribution >= 4 is 15.9 Å². The molecule has 2 aliphatic carbocycles. The molecule has 1 atom stereocenters. The summed E-state index contributed by atoms with van der Waals surface area (Å²) < 4.78 is 1.19. The molecule has 1 aromatic carbocycles. The van der Waals surface area contributed by atoms with Gasteiger partial charge in [0.25, 0.3) is 0 Å². The van der Waals surface area contributed by atoms with Crippen molar-refractivity contribution in [1.82, 2.24) is 5.32 Å². The van der Waals surface area contributed by atoms with Crippen LogP contribution in [0.4, 0.5) is 0 Å². The average Bonchev–Trinajstić information content (AvgIpc) is 3.11. The van der Waals surface area contributed by atoms with Crippen LogP contribution in [0, 0.1) is 5.92 Å². The van der Waals surface area contributed by atoms with E-state index in [9.17, 15) is 0 Å². The summed E-state index contributed by atoms with van der Waals surface area (Å²) in [4.78, 5) is 0. The molecular weight excluding hydrogens is 298 g/mol. The maximum Gasteiger partial charge on any atom is 0.0175 e. The van der Waals surface area contributed by atoms with Crippen LogP contribution in [-0.2, 0) is 0 Å². The Hall–Kier alpha value is -0.340. The van der Waals surface area contributed by atoms with Gasteiger partial charge in [-0.2, -0.15) is 0 Å². The van der Waals surface area contributed by atoms with Gasteiger partial charge in [0.05, 0.1) is 0 Å². The van der Waals surface area contributed by atoms with Crippen LogP contribution in [0.5, 0.6) is 0 Å². The van der Waals surface area contributed by atoms with Gasteiger partial charge in [-0.1, -0.05) is 53.7 Å². The first kappa shape index (κ1) is 13.6. The quantitative estimate of drug-likeness (QED) is 0.788. The smallest absolute Gasteiger partial charge is 0.0175 e. The lowest BCUT2D eigenvalue weighted by atomic mass is 9.88. The SMILES string of the molecule is Brc1ccc(C(CNC2CC2)CC2CCCC2)cc1. The van der Waals surface area contributed by atoms with E-state index in [0.29, 0.717) is 5.92 Å². The van der Waals surface area contributed by atoms with Crippen molar-refractivity contribution in [3.05, 3.63) is 34.3 Å². The van der Waals surface area contributed by atoms with Crippen LogP contribution < -0.4 is 5.32 Å². The van der Waals surface area contributed by atoms with E-state index in [0.717, 1.165) is 12.0 Å². The van der Waals surface area contributed by atoms with Gasteiger partial charge in [0.1, 0.15) is 0 Å². The molecule has 0 amide bonds. The van der Waals surface area contributed by atoms with Crippen LogP contribution in [0.15, 0.2) is 28.7 Å². The number of nitrogens with one attached hydrogen (secondary N) is 1. The minimum absolute atomic E-state index is 0.705. The number of halogens is 1. The zero-order chi connectivity index (χ0) is 13.1. The van der Waals surface area contributed by atoms with E-state index in [-0.39, 0.29) is 0 Å². The van der Waals surface area contributed by atoms with Crippen LogP contribution in [0.2, 0.25) is 0 Å². The van der Waals surface area contributed by atoms with Gasteiger partial charge in [-0.25, -0.2) is 0 Å². The second kappa shape index (κ2) is 6.41. The van der Waals surface area contributed by atoms with Crippen LogP contribution >= 0.6 is 15.9 Å². The molecule has 2 aliphatic rings. The summed E-state index contributed by atoms with van der Waals surface area (Å²) in [6, 6.07) is 9.81. The lowest BCUT2D eigenvalue weighted by Gasteiger charge is -2.22. The third kappa shape index (κ3) is 4.06. The number of rotatable bonds is 6. The monoisotopic (exact) mass is 321 g/mol. The summed E-state index contributed by atoms with van der Waals surface area (Å²) >= 11 is 3.54. The van der Waals surface area contributed by atoms with Crippen molar-refractivity contribution in [3.8, 4) is 0 Å². The molecule has 3 rings (SSSR count). The minimum atomic E-state index is 0.705. The molecular formula is C17H24BrN. The molecule has 0 saturated heterocycles. The molecule has 2 heteroatoms. The Morgan fingerprint density at radius 2 is 1.74 bits per heavy atom. The fourth-order valence-electron chi connectivity index (χ4n) is 3.32. The third-order valence-corrected chi connectivity index (χ3v) is 5.19. The lowest BCUT2D eigenvalue weighted by Crippen LogP contribution is -2.24. The predicted octanol–water partition coefficient (Wildman–Crippen LogP) is 4.87. The molecule has 1 N–H and O–H groups in total. The van der Waals surface area contributed by atoms with Crippen molar-refractivity contribution in [2.24, 2.45) is 5.92 Å². The second-order valence-corrected chi connectivity index (χ2v) is 7.23. The minimum Gasteiger partial charge on any atom is -0.313 e. The Kier molecular flexibility index (Phi) is 4.60. The van der Waals surface area contributed by atoms with E-state index in [1.165, 1.54) is 61.5 Å². The van der Waals surface area contributed by atoms with Crippen LogP contribution in [0.25, 0.3) is 0 Å². The highest BCUT2D eigenvalue weighted by atomic mass is 79.9. The van der Waals surface area contributed by atoms with Crippen molar-refractivity contribution in [3.63, 3.8) is 0 Å². The lowest BCUT2D eigenvalue weighted by molar-refractivity contribution is 0.426. The van der Waals surface area contributed by atoms with Gasteiger partial charge in [-0.15, -0.1) is 0 Å². The van der Waals surface area contributed by atoms with Gasteiger partial charge in [-0.05, 0) is 48.8 Å². The first-order chi connectivity index (χ1) is 9.31. The van der Waals surface area contributed by atoms with Gasteiger partial charge in [-0.3, -0.25) is 0 Å². The predicted molar refractivity (Wildman–Crippen MR) is 84.5 cm³/mol. The van der Waals surface area contributed by atoms with Crippen LogP contribution in [-0.4, -0.2) is 12.6 Å². The van der Waals surface area contributed by atoms with Gasteiger partial charge in [0.15, 0.2) is 0 Å². The van der Waals surface area contributed by atoms with Crippen LogP contribution in [0.1, 0.15) is 56.4 Å². The molecule has 0 heterocycles. The maximum absolute atomic E-state index is 3.73. The van der Waals surface area contributed by atoms with E-state index >= 15 is 0 Å². The summed E-state index contributed by atoms with van der Waals surface area (Å²) in [6.07, 6.45) is 9.96. The van der Waals surface area contributed by atoms with Gasteiger partial charge in [0, 0.05) is 17.1 Å². The molecule has 1 aromatic rings. The molecule has 0 spiro atoms. The van der Waals surface area contributed by atoms with E-state index in [4.69, 9.17) is 0 Å². The van der Waals surface area contributed by atoms with Gasteiger partial charge in [0.2, 0.25) is 0 Å². The fraction of sp³-hybridized carbons (Fsp3) is 0.647. The summed E-state index contributed by atoms with van der Waals surface area (Å²) in [5.41, 5.74) is 1.52. The van der Waals surface area contributed by atoms with Crippen molar-refractivity contribution in [2.45, 2.75) is 56.9 Å². The summed E-state index contributed by atoms with van der Waals surface area (Å²) in [5, 5.41) is 3.73. The Morgan fingerprint density at radius 1 is 1.05 bits per heavy atom. The zero-order valence-corrected chi connectivity index (χ0v) is 13.2. The molecule has 19 heavy (non-hydrogen) atoms. The van der Waals surface area contributed by atoms with Crippen LogP contribution in [0.3, 0.4) is 0 Å². The molecule has 0 aromatic heterocycles. The molecule has 0 aliphatic heterocycles. The second-order valence-electron chi connectivity index (χ2n) is 6.32. The maximum atomic E-state index is 3.73. The Bertz CT molecular complexity index is 390. The van der Waals surface area contributed by atoms with Crippen molar-refractivity contribution in [2.75, 3.05) is 6.54 Å². The van der Waals surface area contributed by atoms with Crippen molar-refractivity contribution < 1.29 is 0 Å². The first-order valence-corrected chi connectivity index (χ1v) is 8.59. The van der Waals surface area contributed by atoms with Gasteiger partial charge < -0.3 is 5.32 Å². The van der Waals surface area contributed by atoms with Gasteiger partial charge >= 0.3 is 0 Å². The standard InChI is InChI=1S/C17H24BrN/c18-16-7-5-14(6-8-16)15(12-19-17-9-10-17)11-13-3-1-2-4-13/h5-8,13,15,17,19H,1-4,9-12H2. The Balaban J connectivity index is 1.64. The Labute approximate surface area is 125 Å². The highest BCUT2D eigenvalue weighted by Gasteiger charge is 2.25. The Morgan fingerprint density at radius 3 is 2.37 bits per heavy atom. The molecule has 0 bridgehead atoms. The molecule has 104 valence electrons. The summed E-state index contributed by atoms with van der Waals surface area (Å²) in [5.74, 6) is 1.67. The zero-order valence-electron chi connectivity index (χ0n) is 11.6. The van der Waals surface area contributed by atoms with E-state index in [2.05, 4.69) is 45.5 Å². The molecule has 1 nitrogen and oxygen atoms in total. The van der Waals surface area contributed by atoms with E-state index < -0.39 is 0 Å². The molecule has 0 radical (unpaired) electrons. The number of benzene rings is 1. The third-order valence-electron chi connectivity index (χ3n) is 4.66. The van der Waals surface area contributed by atoms with Crippen molar-refractivity contribution in [1.29, 1.82) is 0 Å². The summed E-state index contributed by atoms with van der Waals surface area (Å²) in [7, 11) is 0. The normalized spacial score (nSPS) is 21.7. The highest BCUT2D eigenvalue weighted by Crippen LogP contribution is 2.34. The first-order valence-electron chi connectivity index (χ1n) is 7.80. The molecule has 2 fully saturated rings. The number of hydrogen-bond donors (Lipinski definition) is 1. The topological polar surface area (TPSA) is 12.0 Å². The summed E-state index contributed by atoms with van der Waals surface area (Å²) in [6.45, 7) is 1.17. The highest BCUT2D eigenvalue weighted by molar-refractivity contribution is 9.10. The van der Waals surface area contributed by atoms with E-state index in [1.54, 1.807) is 0 Å². The fourth-order valence-corrected chi connectivity index (χ4v) is 3.58. The molecule has 1 unspecified atom stereocenters. The average molecular weight is 322 g/mol.